The van der Waals surface area contributed by atoms with Crippen LogP contribution in [-0.2, 0) is 4.57 Å². The van der Waals surface area contributed by atoms with E-state index in [2.05, 4.69) is 19.1 Å². The number of aryl methyl sites for hydroxylation is 1. The third-order valence-corrected chi connectivity index (χ3v) is 1.33. The monoisotopic (exact) mass is 168 g/mol. The van der Waals surface area contributed by atoms with E-state index >= 15 is 0 Å². The molecule has 60 valence electrons. The summed E-state index contributed by atoms with van der Waals surface area (Å²) >= 11 is 0. The van der Waals surface area contributed by atoms with Gasteiger partial charge in [-0.25, -0.2) is 0 Å². The fourth-order valence-corrected chi connectivity index (χ4v) is 0.534. The van der Waals surface area contributed by atoms with Crippen molar-refractivity contribution in [2.75, 3.05) is 6.16 Å². The average molecular weight is 168 g/mol. The second kappa shape index (κ2) is 7.43. The van der Waals surface area contributed by atoms with Gasteiger partial charge < -0.3 is 0 Å². The normalized spacial score (nSPS) is 8.55. The number of rotatable bonds is 1. The van der Waals surface area contributed by atoms with Crippen LogP contribution in [0.15, 0.2) is 30.3 Å². The molecule has 0 fully saturated rings. The second-order valence-electron chi connectivity index (χ2n) is 2.10. The first kappa shape index (κ1) is 10.3. The summed E-state index contributed by atoms with van der Waals surface area (Å²) in [6.45, 7) is 3.94. The summed E-state index contributed by atoms with van der Waals surface area (Å²) in [6.07, 6.45) is 0.736. The van der Waals surface area contributed by atoms with Crippen LogP contribution in [0.1, 0.15) is 12.5 Å². The molecule has 1 aromatic rings. The Morgan fingerprint density at radius 3 is 1.91 bits per heavy atom. The van der Waals surface area contributed by atoms with Crippen molar-refractivity contribution in [1.82, 2.24) is 0 Å². The molecule has 0 aliphatic carbocycles. The molecule has 2 heteroatoms. The minimum absolute atomic E-state index is 0.248. The maximum Gasteiger partial charge on any atom is 0.154 e. The van der Waals surface area contributed by atoms with Crippen molar-refractivity contribution in [2.45, 2.75) is 13.8 Å². The van der Waals surface area contributed by atoms with Crippen molar-refractivity contribution in [2.24, 2.45) is 0 Å². The van der Waals surface area contributed by atoms with Crippen LogP contribution >= 0.6 is 8.46 Å². The second-order valence-corrected chi connectivity index (χ2v) is 2.99. The predicted octanol–water partition coefficient (Wildman–Crippen LogP) is 3.29. The summed E-state index contributed by atoms with van der Waals surface area (Å²) in [5.74, 6) is 0. The van der Waals surface area contributed by atoms with Gasteiger partial charge in [-0.05, 0) is 6.92 Å². The summed E-state index contributed by atoms with van der Waals surface area (Å²) < 4.78 is 9.27. The Bertz CT molecular complexity index is 184. The Labute approximate surface area is 69.7 Å². The Morgan fingerprint density at radius 2 is 1.73 bits per heavy atom. The maximum absolute atomic E-state index is 9.27. The van der Waals surface area contributed by atoms with E-state index in [9.17, 15) is 4.57 Å². The highest BCUT2D eigenvalue weighted by Gasteiger charge is 1.72. The van der Waals surface area contributed by atoms with Crippen molar-refractivity contribution in [3.05, 3.63) is 35.9 Å². The van der Waals surface area contributed by atoms with E-state index in [1.165, 1.54) is 5.56 Å². The highest BCUT2D eigenvalue weighted by Crippen LogP contribution is 1.92. The van der Waals surface area contributed by atoms with Crippen molar-refractivity contribution >= 4 is 8.46 Å². The lowest BCUT2D eigenvalue weighted by Crippen LogP contribution is -1.62. The van der Waals surface area contributed by atoms with Crippen LogP contribution in [0.3, 0.4) is 0 Å². The Kier molecular flexibility index (Phi) is 6.97. The smallest absolute Gasteiger partial charge is 0.154 e. The van der Waals surface area contributed by atoms with Crippen LogP contribution in [0, 0.1) is 6.92 Å². The summed E-state index contributed by atoms with van der Waals surface area (Å²) in [6, 6.07) is 10.3. The molecule has 0 bridgehead atoms. The Balaban J connectivity index is 0.000000218. The summed E-state index contributed by atoms with van der Waals surface area (Å²) in [4.78, 5) is 0. The zero-order valence-electron chi connectivity index (χ0n) is 6.95. The molecule has 0 heterocycles. The predicted molar refractivity (Wildman–Crippen MR) is 49.3 cm³/mol. The molecular weight excluding hydrogens is 155 g/mol. The maximum atomic E-state index is 9.27. The fraction of sp³-hybridized carbons (Fsp3) is 0.333. The molecule has 1 rings (SSSR count). The molecule has 0 aliphatic heterocycles. The zero-order chi connectivity index (χ0) is 8.53. The molecule has 1 aromatic carbocycles. The molecule has 0 saturated heterocycles. The van der Waals surface area contributed by atoms with Gasteiger partial charge in [0.25, 0.3) is 0 Å². The van der Waals surface area contributed by atoms with Crippen LogP contribution in [0.25, 0.3) is 0 Å². The van der Waals surface area contributed by atoms with Gasteiger partial charge in [0.1, 0.15) is 0 Å². The highest BCUT2D eigenvalue weighted by atomic mass is 31.1. The van der Waals surface area contributed by atoms with Gasteiger partial charge in [0.2, 0.25) is 0 Å². The molecular formula is C9H13OP. The first-order valence-corrected chi connectivity index (χ1v) is 4.61. The Morgan fingerprint density at radius 1 is 1.27 bits per heavy atom. The topological polar surface area (TPSA) is 17.1 Å². The van der Waals surface area contributed by atoms with E-state index < -0.39 is 0 Å². The molecule has 0 N–H and O–H groups in total. The average Bonchev–Trinajstić information content (AvgIpc) is 2.07. The van der Waals surface area contributed by atoms with Gasteiger partial charge in [-0.3, -0.25) is 4.57 Å². The lowest BCUT2D eigenvalue weighted by atomic mass is 10.2. The van der Waals surface area contributed by atoms with E-state index in [0.717, 1.165) is 6.16 Å². The third-order valence-electron chi connectivity index (χ3n) is 1.07. The molecule has 0 saturated carbocycles. The number of hydrogen-bond donors (Lipinski definition) is 0. The van der Waals surface area contributed by atoms with Gasteiger partial charge in [0.15, 0.2) is 8.46 Å². The van der Waals surface area contributed by atoms with Gasteiger partial charge >= 0.3 is 0 Å². The van der Waals surface area contributed by atoms with Crippen LogP contribution in [0.2, 0.25) is 0 Å². The first-order valence-electron chi connectivity index (χ1n) is 3.62. The van der Waals surface area contributed by atoms with E-state index in [-0.39, 0.29) is 8.46 Å². The highest BCUT2D eigenvalue weighted by molar-refractivity contribution is 7.23. The molecule has 11 heavy (non-hydrogen) atoms. The van der Waals surface area contributed by atoms with Gasteiger partial charge in [-0.1, -0.05) is 42.8 Å². The van der Waals surface area contributed by atoms with E-state index in [1.54, 1.807) is 0 Å². The van der Waals surface area contributed by atoms with Crippen LogP contribution in [-0.4, -0.2) is 6.16 Å². The van der Waals surface area contributed by atoms with Crippen LogP contribution < -0.4 is 0 Å². The van der Waals surface area contributed by atoms with Gasteiger partial charge in [-0.15, -0.1) is 0 Å². The molecule has 0 spiro atoms. The summed E-state index contributed by atoms with van der Waals surface area (Å²) in [5.41, 5.74) is 1.32. The molecule has 0 unspecified atom stereocenters. The van der Waals surface area contributed by atoms with E-state index in [4.69, 9.17) is 0 Å². The van der Waals surface area contributed by atoms with Crippen molar-refractivity contribution in [3.8, 4) is 0 Å². The standard InChI is InChI=1S/C7H8.C2H5OP/c1-7-5-3-2-4-6-7;1-2-4-3/h2-6H,1H3;2H2,1H3. The van der Waals surface area contributed by atoms with Crippen molar-refractivity contribution < 1.29 is 4.57 Å². The minimum atomic E-state index is 0.248. The number of benzene rings is 1. The summed E-state index contributed by atoms with van der Waals surface area (Å²) in [5, 5.41) is 0. The largest absolute Gasteiger partial charge is 0.275 e. The van der Waals surface area contributed by atoms with E-state index in [0.29, 0.717) is 0 Å². The van der Waals surface area contributed by atoms with E-state index in [1.807, 2.05) is 25.1 Å². The molecule has 0 radical (unpaired) electrons. The zero-order valence-corrected chi connectivity index (χ0v) is 7.84. The van der Waals surface area contributed by atoms with Gasteiger partial charge in [0, 0.05) is 6.16 Å². The first-order chi connectivity index (χ1) is 5.31. The van der Waals surface area contributed by atoms with Crippen molar-refractivity contribution in [1.29, 1.82) is 0 Å². The number of hydrogen-bond acceptors (Lipinski definition) is 1. The summed E-state index contributed by atoms with van der Waals surface area (Å²) in [7, 11) is 0.248. The SMILES string of the molecule is CCP=O.Cc1ccccc1. The molecule has 0 aromatic heterocycles. The van der Waals surface area contributed by atoms with Gasteiger partial charge in [-0.2, -0.15) is 0 Å². The molecule has 0 aliphatic rings. The minimum Gasteiger partial charge on any atom is -0.275 e. The Hall–Kier alpha value is -0.680. The van der Waals surface area contributed by atoms with Crippen LogP contribution in [0.4, 0.5) is 0 Å². The molecule has 0 amide bonds. The quantitative estimate of drug-likeness (QED) is 0.588. The molecule has 0 atom stereocenters. The van der Waals surface area contributed by atoms with Crippen LogP contribution in [0.5, 0.6) is 0 Å². The lowest BCUT2D eigenvalue weighted by Gasteiger charge is -1.82. The van der Waals surface area contributed by atoms with Gasteiger partial charge in [0.05, 0.1) is 0 Å². The molecule has 1 nitrogen and oxygen atoms in total. The third kappa shape index (κ3) is 7.21. The van der Waals surface area contributed by atoms with Crippen molar-refractivity contribution in [3.63, 3.8) is 0 Å². The lowest BCUT2D eigenvalue weighted by molar-refractivity contribution is 0.599. The fourth-order valence-electron chi connectivity index (χ4n) is 0.534.